The quantitative estimate of drug-likeness (QED) is 0.916. The van der Waals surface area contributed by atoms with E-state index in [1.165, 1.54) is 23.5 Å². The van der Waals surface area contributed by atoms with E-state index in [-0.39, 0.29) is 10.6 Å². The highest BCUT2D eigenvalue weighted by atomic mass is 35.5. The molecule has 0 fully saturated rings. The Labute approximate surface area is 101 Å². The van der Waals surface area contributed by atoms with Crippen molar-refractivity contribution >= 4 is 22.9 Å². The van der Waals surface area contributed by atoms with E-state index in [4.69, 9.17) is 11.6 Å². The largest absolute Gasteiger partial charge is 0.388 e. The van der Waals surface area contributed by atoms with E-state index in [1.807, 2.05) is 5.38 Å². The molecule has 5 heteroatoms. The molecule has 0 spiro atoms. The van der Waals surface area contributed by atoms with Crippen molar-refractivity contribution in [3.05, 3.63) is 51.2 Å². The van der Waals surface area contributed by atoms with Crippen molar-refractivity contribution < 1.29 is 9.50 Å². The number of aliphatic hydroxyl groups is 1. The summed E-state index contributed by atoms with van der Waals surface area (Å²) < 4.78 is 13.6. The topological polar surface area (TPSA) is 33.1 Å². The number of benzene rings is 1. The lowest BCUT2D eigenvalue weighted by atomic mass is 10.1. The molecule has 0 radical (unpaired) electrons. The molecular weight excluding hydrogens is 249 g/mol. The van der Waals surface area contributed by atoms with Gasteiger partial charge >= 0.3 is 0 Å². The predicted octanol–water partition coefficient (Wildman–Crippen LogP) is 3.21. The molecule has 2 rings (SSSR count). The molecule has 1 aromatic heterocycles. The molecule has 0 amide bonds. The molecule has 0 saturated carbocycles. The number of rotatable bonds is 3. The maximum absolute atomic E-state index is 13.6. The molecule has 1 unspecified atom stereocenters. The minimum Gasteiger partial charge on any atom is -0.388 e. The maximum atomic E-state index is 13.6. The van der Waals surface area contributed by atoms with Crippen LogP contribution in [-0.2, 0) is 6.42 Å². The van der Waals surface area contributed by atoms with E-state index in [0.29, 0.717) is 6.42 Å². The Morgan fingerprint density at radius 2 is 2.31 bits per heavy atom. The molecule has 1 heterocycles. The van der Waals surface area contributed by atoms with Crippen LogP contribution >= 0.6 is 22.9 Å². The van der Waals surface area contributed by atoms with Crippen LogP contribution in [0.15, 0.2) is 29.8 Å². The van der Waals surface area contributed by atoms with Gasteiger partial charge in [0.2, 0.25) is 0 Å². The summed E-state index contributed by atoms with van der Waals surface area (Å²) in [7, 11) is 0. The molecule has 2 aromatic rings. The summed E-state index contributed by atoms with van der Waals surface area (Å²) >= 11 is 7.07. The third-order valence-electron chi connectivity index (χ3n) is 2.19. The molecule has 84 valence electrons. The van der Waals surface area contributed by atoms with E-state index in [9.17, 15) is 9.50 Å². The fourth-order valence-electron chi connectivity index (χ4n) is 1.41. The fraction of sp³-hybridized carbons (Fsp3) is 0.182. The molecular formula is C11H9ClFNOS. The van der Waals surface area contributed by atoms with Crippen LogP contribution < -0.4 is 0 Å². The summed E-state index contributed by atoms with van der Waals surface area (Å²) in [6.45, 7) is 0. The van der Waals surface area contributed by atoms with Gasteiger partial charge in [0.15, 0.2) is 0 Å². The minimum atomic E-state index is -0.912. The van der Waals surface area contributed by atoms with Gasteiger partial charge < -0.3 is 5.11 Å². The Morgan fingerprint density at radius 1 is 1.50 bits per heavy atom. The van der Waals surface area contributed by atoms with Gasteiger partial charge in [-0.3, -0.25) is 0 Å². The Kier molecular flexibility index (Phi) is 3.53. The van der Waals surface area contributed by atoms with Crippen molar-refractivity contribution in [3.8, 4) is 0 Å². The van der Waals surface area contributed by atoms with Gasteiger partial charge in [-0.1, -0.05) is 23.7 Å². The predicted molar refractivity (Wildman–Crippen MR) is 62.2 cm³/mol. The van der Waals surface area contributed by atoms with Gasteiger partial charge in [-0.2, -0.15) is 0 Å². The number of hydrogen-bond acceptors (Lipinski definition) is 3. The van der Waals surface area contributed by atoms with E-state index >= 15 is 0 Å². The lowest BCUT2D eigenvalue weighted by Crippen LogP contribution is -2.04. The van der Waals surface area contributed by atoms with Crippen LogP contribution in [-0.4, -0.2) is 10.1 Å². The standard InChI is InChI=1S/C11H9ClFNOS/c12-8-3-1-2-7(11(8)13)9(15)6-10-14-4-5-16-10/h1-5,9,15H,6H2. The molecule has 0 aliphatic carbocycles. The highest BCUT2D eigenvalue weighted by Crippen LogP contribution is 2.26. The number of nitrogens with zero attached hydrogens (tertiary/aromatic N) is 1. The monoisotopic (exact) mass is 257 g/mol. The first-order valence-corrected chi connectivity index (χ1v) is 5.94. The van der Waals surface area contributed by atoms with Crippen LogP contribution in [0.1, 0.15) is 16.7 Å². The maximum Gasteiger partial charge on any atom is 0.147 e. The normalized spacial score (nSPS) is 12.7. The molecule has 16 heavy (non-hydrogen) atoms. The lowest BCUT2D eigenvalue weighted by molar-refractivity contribution is 0.173. The van der Waals surface area contributed by atoms with Crippen molar-refractivity contribution in [1.29, 1.82) is 0 Å². The second-order valence-electron chi connectivity index (χ2n) is 3.29. The van der Waals surface area contributed by atoms with Gasteiger partial charge in [-0.15, -0.1) is 11.3 Å². The molecule has 0 bridgehead atoms. The highest BCUT2D eigenvalue weighted by Gasteiger charge is 2.16. The molecule has 0 aliphatic heterocycles. The number of thiazole rings is 1. The van der Waals surface area contributed by atoms with Gasteiger partial charge in [0.1, 0.15) is 5.82 Å². The van der Waals surface area contributed by atoms with Crippen LogP contribution in [0, 0.1) is 5.82 Å². The molecule has 1 N–H and O–H groups in total. The van der Waals surface area contributed by atoms with Gasteiger partial charge in [-0.05, 0) is 6.07 Å². The first-order valence-electron chi connectivity index (χ1n) is 4.69. The minimum absolute atomic E-state index is 0.0238. The molecule has 0 saturated heterocycles. The number of halogens is 2. The second-order valence-corrected chi connectivity index (χ2v) is 4.68. The molecule has 1 atom stereocenters. The van der Waals surface area contributed by atoms with Crippen LogP contribution in [0.25, 0.3) is 0 Å². The SMILES string of the molecule is OC(Cc1nccs1)c1cccc(Cl)c1F. The van der Waals surface area contributed by atoms with Crippen molar-refractivity contribution in [1.82, 2.24) is 4.98 Å². The van der Waals surface area contributed by atoms with Crippen molar-refractivity contribution in [3.63, 3.8) is 0 Å². The summed E-state index contributed by atoms with van der Waals surface area (Å²) in [4.78, 5) is 4.04. The highest BCUT2D eigenvalue weighted by molar-refractivity contribution is 7.09. The number of aliphatic hydroxyl groups excluding tert-OH is 1. The van der Waals surface area contributed by atoms with Gasteiger partial charge in [0, 0.05) is 23.6 Å². The summed E-state index contributed by atoms with van der Waals surface area (Å²) in [6, 6.07) is 4.60. The van der Waals surface area contributed by atoms with E-state index in [1.54, 1.807) is 12.3 Å². The Hall–Kier alpha value is -0.970. The van der Waals surface area contributed by atoms with Crippen molar-refractivity contribution in [2.75, 3.05) is 0 Å². The summed E-state index contributed by atoms with van der Waals surface area (Å²) in [5.41, 5.74) is 0.211. The molecule has 0 aliphatic rings. The number of hydrogen-bond donors (Lipinski definition) is 1. The van der Waals surface area contributed by atoms with Gasteiger partial charge in [0.25, 0.3) is 0 Å². The fourth-order valence-corrected chi connectivity index (χ4v) is 2.24. The zero-order valence-corrected chi connectivity index (χ0v) is 9.80. The van der Waals surface area contributed by atoms with Crippen molar-refractivity contribution in [2.45, 2.75) is 12.5 Å². The van der Waals surface area contributed by atoms with Gasteiger partial charge in [0.05, 0.1) is 16.1 Å². The Bertz CT molecular complexity index is 475. The molecule has 1 aromatic carbocycles. The summed E-state index contributed by atoms with van der Waals surface area (Å²) in [5, 5.41) is 12.5. The second kappa shape index (κ2) is 4.91. The Morgan fingerprint density at radius 3 is 3.00 bits per heavy atom. The molecule has 2 nitrogen and oxygen atoms in total. The van der Waals surface area contributed by atoms with Crippen LogP contribution in [0.5, 0.6) is 0 Å². The van der Waals surface area contributed by atoms with Crippen LogP contribution in [0.4, 0.5) is 4.39 Å². The van der Waals surface area contributed by atoms with E-state index < -0.39 is 11.9 Å². The average molecular weight is 258 g/mol. The zero-order chi connectivity index (χ0) is 11.5. The van der Waals surface area contributed by atoms with Gasteiger partial charge in [-0.25, -0.2) is 9.37 Å². The Balaban J connectivity index is 2.21. The zero-order valence-electron chi connectivity index (χ0n) is 8.23. The van der Waals surface area contributed by atoms with Crippen molar-refractivity contribution in [2.24, 2.45) is 0 Å². The third kappa shape index (κ3) is 2.40. The van der Waals surface area contributed by atoms with E-state index in [0.717, 1.165) is 5.01 Å². The lowest BCUT2D eigenvalue weighted by Gasteiger charge is -2.10. The smallest absolute Gasteiger partial charge is 0.147 e. The first-order chi connectivity index (χ1) is 7.68. The third-order valence-corrected chi connectivity index (χ3v) is 3.29. The average Bonchev–Trinajstić information content (AvgIpc) is 2.74. The first kappa shape index (κ1) is 11.5. The summed E-state index contributed by atoms with van der Waals surface area (Å²) in [5.74, 6) is -0.562. The van der Waals surface area contributed by atoms with E-state index in [2.05, 4.69) is 4.98 Å². The number of aromatic nitrogens is 1. The summed E-state index contributed by atoms with van der Waals surface area (Å²) in [6.07, 6.45) is 1.04. The van der Waals surface area contributed by atoms with Crippen LogP contribution in [0.2, 0.25) is 5.02 Å². The van der Waals surface area contributed by atoms with Crippen LogP contribution in [0.3, 0.4) is 0 Å².